The standard InChI is InChI=1S/C5H10O4P/c1-4(5(6)8-2)10(7)9-3/h4H,1-3H3/q+1. The van der Waals surface area contributed by atoms with E-state index in [1.54, 1.807) is 0 Å². The Morgan fingerprint density at radius 3 is 2.30 bits per heavy atom. The van der Waals surface area contributed by atoms with Crippen LogP contribution in [0.25, 0.3) is 0 Å². The second kappa shape index (κ2) is 4.36. The van der Waals surface area contributed by atoms with E-state index in [2.05, 4.69) is 9.26 Å². The molecular formula is C5H10O4P+. The molecule has 0 aromatic rings. The minimum atomic E-state index is -1.91. The summed E-state index contributed by atoms with van der Waals surface area (Å²) in [5, 5.41) is 0. The lowest BCUT2D eigenvalue weighted by Gasteiger charge is -1.94. The molecular weight excluding hydrogens is 155 g/mol. The van der Waals surface area contributed by atoms with E-state index in [1.165, 1.54) is 21.1 Å². The lowest BCUT2D eigenvalue weighted by atomic mass is 10.5. The normalized spacial score (nSPS) is 14.1. The number of carbonyl (C=O) groups excluding carboxylic acids is 1. The summed E-state index contributed by atoms with van der Waals surface area (Å²) >= 11 is 0. The average molecular weight is 165 g/mol. The molecule has 0 aliphatic carbocycles. The van der Waals surface area contributed by atoms with Gasteiger partial charge in [-0.15, -0.1) is 4.52 Å². The van der Waals surface area contributed by atoms with Crippen molar-refractivity contribution in [1.82, 2.24) is 0 Å². The molecule has 0 saturated carbocycles. The van der Waals surface area contributed by atoms with E-state index >= 15 is 0 Å². The topological polar surface area (TPSA) is 52.6 Å². The zero-order valence-corrected chi connectivity index (χ0v) is 7.05. The Balaban J connectivity index is 3.94. The fourth-order valence-corrected chi connectivity index (χ4v) is 1.01. The first-order chi connectivity index (χ1) is 4.63. The summed E-state index contributed by atoms with van der Waals surface area (Å²) in [6, 6.07) is 0. The zero-order chi connectivity index (χ0) is 8.15. The molecule has 2 unspecified atom stereocenters. The number of rotatable bonds is 3. The highest BCUT2D eigenvalue weighted by atomic mass is 31.1. The van der Waals surface area contributed by atoms with Gasteiger partial charge in [0.15, 0.2) is 0 Å². The predicted molar refractivity (Wildman–Crippen MR) is 36.1 cm³/mol. The van der Waals surface area contributed by atoms with Crippen LogP contribution in [0.3, 0.4) is 0 Å². The van der Waals surface area contributed by atoms with Crippen LogP contribution in [-0.2, 0) is 18.6 Å². The van der Waals surface area contributed by atoms with Gasteiger partial charge in [0.25, 0.3) is 5.66 Å². The Morgan fingerprint density at radius 2 is 2.00 bits per heavy atom. The Kier molecular flexibility index (Phi) is 4.16. The summed E-state index contributed by atoms with van der Waals surface area (Å²) in [4.78, 5) is 10.6. The van der Waals surface area contributed by atoms with Crippen LogP contribution in [0.2, 0.25) is 0 Å². The number of hydrogen-bond acceptors (Lipinski definition) is 4. The number of hydrogen-bond donors (Lipinski definition) is 0. The van der Waals surface area contributed by atoms with Crippen LogP contribution in [0.5, 0.6) is 0 Å². The third kappa shape index (κ3) is 2.42. The molecule has 0 aliphatic rings. The first kappa shape index (κ1) is 9.53. The quantitative estimate of drug-likeness (QED) is 0.461. The van der Waals surface area contributed by atoms with Gasteiger partial charge < -0.3 is 4.74 Å². The minimum Gasteiger partial charge on any atom is -0.466 e. The molecule has 0 fully saturated rings. The van der Waals surface area contributed by atoms with Gasteiger partial charge in [-0.25, -0.2) is 4.79 Å². The van der Waals surface area contributed by atoms with Crippen molar-refractivity contribution < 1.29 is 18.6 Å². The van der Waals surface area contributed by atoms with Crippen LogP contribution in [0, 0.1) is 0 Å². The van der Waals surface area contributed by atoms with Crippen molar-refractivity contribution in [1.29, 1.82) is 0 Å². The van der Waals surface area contributed by atoms with Gasteiger partial charge in [-0.1, -0.05) is 0 Å². The second-order valence-corrected chi connectivity index (χ2v) is 3.38. The summed E-state index contributed by atoms with van der Waals surface area (Å²) in [6.07, 6.45) is 0. The SMILES string of the molecule is COC(=O)C(C)[P+](=O)OC. The van der Waals surface area contributed by atoms with E-state index in [0.717, 1.165) is 0 Å². The molecule has 10 heavy (non-hydrogen) atoms. The molecule has 0 aliphatic heterocycles. The summed E-state index contributed by atoms with van der Waals surface area (Å²) in [5.74, 6) is -0.511. The van der Waals surface area contributed by atoms with Gasteiger partial charge in [0.2, 0.25) is 0 Å². The van der Waals surface area contributed by atoms with Gasteiger partial charge >= 0.3 is 14.0 Å². The summed E-state index contributed by atoms with van der Waals surface area (Å²) in [7, 11) is 0.628. The molecule has 0 heterocycles. The van der Waals surface area contributed by atoms with E-state index < -0.39 is 19.7 Å². The Labute approximate surface area is 60.4 Å². The van der Waals surface area contributed by atoms with Gasteiger partial charge in [-0.2, -0.15) is 0 Å². The van der Waals surface area contributed by atoms with Crippen molar-refractivity contribution in [3.05, 3.63) is 0 Å². The molecule has 0 radical (unpaired) electrons. The van der Waals surface area contributed by atoms with Gasteiger partial charge in [0.1, 0.15) is 0 Å². The van der Waals surface area contributed by atoms with Crippen LogP contribution < -0.4 is 0 Å². The zero-order valence-electron chi connectivity index (χ0n) is 6.16. The van der Waals surface area contributed by atoms with E-state index in [0.29, 0.717) is 0 Å². The molecule has 0 spiro atoms. The van der Waals surface area contributed by atoms with E-state index in [-0.39, 0.29) is 0 Å². The van der Waals surface area contributed by atoms with Crippen molar-refractivity contribution in [2.24, 2.45) is 0 Å². The highest BCUT2D eigenvalue weighted by molar-refractivity contribution is 7.41. The van der Waals surface area contributed by atoms with Crippen LogP contribution in [0.4, 0.5) is 0 Å². The lowest BCUT2D eigenvalue weighted by molar-refractivity contribution is -0.139. The Bertz CT molecular complexity index is 129. The smallest absolute Gasteiger partial charge is 0.466 e. The molecule has 0 aromatic carbocycles. The molecule has 58 valence electrons. The maximum absolute atomic E-state index is 10.7. The molecule has 0 N–H and O–H groups in total. The van der Waals surface area contributed by atoms with E-state index in [4.69, 9.17) is 0 Å². The second-order valence-electron chi connectivity index (χ2n) is 1.67. The maximum Gasteiger partial charge on any atom is 0.522 e. The average Bonchev–Trinajstić information content (AvgIpc) is 2.00. The minimum absolute atomic E-state index is 0.511. The molecule has 0 aromatic heterocycles. The van der Waals surface area contributed by atoms with Gasteiger partial charge in [-0.3, -0.25) is 0 Å². The van der Waals surface area contributed by atoms with Crippen molar-refractivity contribution >= 4 is 14.0 Å². The van der Waals surface area contributed by atoms with Crippen LogP contribution in [0.1, 0.15) is 6.92 Å². The number of carbonyl (C=O) groups is 1. The van der Waals surface area contributed by atoms with Crippen molar-refractivity contribution in [3.8, 4) is 0 Å². The summed E-state index contributed by atoms with van der Waals surface area (Å²) < 4.78 is 19.5. The highest BCUT2D eigenvalue weighted by Gasteiger charge is 2.34. The maximum atomic E-state index is 10.7. The van der Waals surface area contributed by atoms with Gasteiger partial charge in [-0.05, 0) is 11.5 Å². The van der Waals surface area contributed by atoms with Crippen LogP contribution >= 0.6 is 8.03 Å². The van der Waals surface area contributed by atoms with Crippen molar-refractivity contribution in [2.75, 3.05) is 14.2 Å². The Hall–Kier alpha value is -0.470. The van der Waals surface area contributed by atoms with Gasteiger partial charge in [0, 0.05) is 0 Å². The van der Waals surface area contributed by atoms with E-state index in [1.807, 2.05) is 0 Å². The lowest BCUT2D eigenvalue weighted by Crippen LogP contribution is -2.14. The van der Waals surface area contributed by atoms with Crippen LogP contribution in [0.15, 0.2) is 0 Å². The summed E-state index contributed by atoms with van der Waals surface area (Å²) in [6.45, 7) is 1.49. The monoisotopic (exact) mass is 165 g/mol. The molecule has 0 saturated heterocycles. The number of methoxy groups -OCH3 is 1. The summed E-state index contributed by atoms with van der Waals surface area (Å²) in [5.41, 5.74) is -0.676. The first-order valence-electron chi connectivity index (χ1n) is 2.71. The van der Waals surface area contributed by atoms with Crippen molar-refractivity contribution in [3.63, 3.8) is 0 Å². The molecule has 0 rings (SSSR count). The first-order valence-corrected chi connectivity index (χ1v) is 3.96. The highest BCUT2D eigenvalue weighted by Crippen LogP contribution is 2.28. The van der Waals surface area contributed by atoms with Crippen molar-refractivity contribution in [2.45, 2.75) is 12.6 Å². The van der Waals surface area contributed by atoms with Crippen LogP contribution in [-0.4, -0.2) is 25.8 Å². The molecule has 0 bridgehead atoms. The third-order valence-corrected chi connectivity index (χ3v) is 2.24. The molecule has 0 amide bonds. The molecule has 5 heteroatoms. The molecule has 4 nitrogen and oxygen atoms in total. The predicted octanol–water partition coefficient (Wildman–Crippen LogP) is 0.937. The fourth-order valence-electron chi connectivity index (χ4n) is 0.415. The third-order valence-electron chi connectivity index (χ3n) is 1.04. The fraction of sp³-hybridized carbons (Fsp3) is 0.800. The Morgan fingerprint density at radius 1 is 1.50 bits per heavy atom. The van der Waals surface area contributed by atoms with Gasteiger partial charge in [0.05, 0.1) is 14.2 Å². The largest absolute Gasteiger partial charge is 0.522 e. The number of esters is 1. The number of ether oxygens (including phenoxy) is 1. The molecule has 2 atom stereocenters. The van der Waals surface area contributed by atoms with E-state index in [9.17, 15) is 9.36 Å².